The van der Waals surface area contributed by atoms with E-state index < -0.39 is 0 Å². The number of hydrogen-bond acceptors (Lipinski definition) is 5. The van der Waals surface area contributed by atoms with Crippen LogP contribution in [0.3, 0.4) is 0 Å². The molecular weight excluding hydrogens is 464 g/mol. The average molecular weight is 495 g/mol. The Balaban J connectivity index is 1.55. The number of ketones is 1. The van der Waals surface area contributed by atoms with Crippen molar-refractivity contribution in [3.8, 4) is 23.0 Å². The van der Waals surface area contributed by atoms with E-state index in [0.717, 1.165) is 16.7 Å². The van der Waals surface area contributed by atoms with Crippen LogP contribution in [0.5, 0.6) is 23.0 Å². The SMILES string of the molecule is CCOc1ccc(C=CC(=O)c2ccc(OC)cc2OCc2ccccc2)c(OCc2ccccc2)c1. The molecule has 0 aromatic heterocycles. The van der Waals surface area contributed by atoms with Gasteiger partial charge in [0.1, 0.15) is 36.2 Å². The Morgan fingerprint density at radius 3 is 1.92 bits per heavy atom. The topological polar surface area (TPSA) is 54.0 Å². The second kappa shape index (κ2) is 13.0. The molecule has 0 atom stereocenters. The van der Waals surface area contributed by atoms with Gasteiger partial charge in [-0.1, -0.05) is 60.7 Å². The lowest BCUT2D eigenvalue weighted by Crippen LogP contribution is -2.03. The molecule has 0 amide bonds. The maximum Gasteiger partial charge on any atom is 0.189 e. The second-order valence-electron chi connectivity index (χ2n) is 8.24. The fraction of sp³-hybridized carbons (Fsp3) is 0.156. The Kier molecular flexibility index (Phi) is 8.97. The molecule has 37 heavy (non-hydrogen) atoms. The van der Waals surface area contributed by atoms with Crippen LogP contribution in [0, 0.1) is 0 Å². The monoisotopic (exact) mass is 494 g/mol. The molecule has 0 unspecified atom stereocenters. The van der Waals surface area contributed by atoms with Crippen LogP contribution < -0.4 is 18.9 Å². The van der Waals surface area contributed by atoms with Gasteiger partial charge in [-0.25, -0.2) is 0 Å². The van der Waals surface area contributed by atoms with E-state index in [-0.39, 0.29) is 5.78 Å². The van der Waals surface area contributed by atoms with Gasteiger partial charge >= 0.3 is 0 Å². The van der Waals surface area contributed by atoms with E-state index in [2.05, 4.69) is 0 Å². The number of ether oxygens (including phenoxy) is 4. The van der Waals surface area contributed by atoms with Crippen LogP contribution in [0.2, 0.25) is 0 Å². The number of carbonyl (C=O) groups is 1. The number of methoxy groups -OCH3 is 1. The lowest BCUT2D eigenvalue weighted by Gasteiger charge is -2.13. The lowest BCUT2D eigenvalue weighted by molar-refractivity contribution is 0.104. The van der Waals surface area contributed by atoms with E-state index in [1.165, 1.54) is 6.08 Å². The third-order valence-electron chi connectivity index (χ3n) is 5.64. The predicted molar refractivity (Wildman–Crippen MR) is 146 cm³/mol. The summed E-state index contributed by atoms with van der Waals surface area (Å²) in [7, 11) is 1.58. The smallest absolute Gasteiger partial charge is 0.189 e. The molecule has 0 aliphatic heterocycles. The van der Waals surface area contributed by atoms with E-state index in [0.29, 0.717) is 48.4 Å². The highest BCUT2D eigenvalue weighted by Crippen LogP contribution is 2.29. The number of allylic oxidation sites excluding steroid dienone is 1. The minimum atomic E-state index is -0.186. The lowest BCUT2D eigenvalue weighted by atomic mass is 10.1. The Hall–Kier alpha value is -4.51. The van der Waals surface area contributed by atoms with Gasteiger partial charge in [0.2, 0.25) is 0 Å². The molecule has 188 valence electrons. The number of carbonyl (C=O) groups excluding carboxylic acids is 1. The van der Waals surface area contributed by atoms with E-state index in [1.807, 2.05) is 85.8 Å². The molecule has 0 radical (unpaired) electrons. The summed E-state index contributed by atoms with van der Waals surface area (Å²) in [5.74, 6) is 2.24. The van der Waals surface area contributed by atoms with Crippen molar-refractivity contribution in [3.63, 3.8) is 0 Å². The number of hydrogen-bond donors (Lipinski definition) is 0. The minimum Gasteiger partial charge on any atom is -0.497 e. The van der Waals surface area contributed by atoms with E-state index >= 15 is 0 Å². The molecule has 0 saturated carbocycles. The first-order valence-corrected chi connectivity index (χ1v) is 12.2. The first-order valence-electron chi connectivity index (χ1n) is 12.2. The Morgan fingerprint density at radius 1 is 0.703 bits per heavy atom. The molecule has 0 spiro atoms. The molecule has 0 aliphatic carbocycles. The summed E-state index contributed by atoms with van der Waals surface area (Å²) in [6, 6.07) is 30.5. The quantitative estimate of drug-likeness (QED) is 0.155. The first kappa shape index (κ1) is 25.6. The summed E-state index contributed by atoms with van der Waals surface area (Å²) in [6.45, 7) is 3.23. The van der Waals surface area contributed by atoms with Crippen LogP contribution in [-0.4, -0.2) is 19.5 Å². The molecule has 0 heterocycles. The Labute approximate surface area is 217 Å². The van der Waals surface area contributed by atoms with Crippen LogP contribution in [0.25, 0.3) is 6.08 Å². The van der Waals surface area contributed by atoms with E-state index in [4.69, 9.17) is 18.9 Å². The number of benzene rings is 4. The maximum absolute atomic E-state index is 13.2. The van der Waals surface area contributed by atoms with Crippen LogP contribution in [0.4, 0.5) is 0 Å². The Morgan fingerprint density at radius 2 is 1.30 bits per heavy atom. The number of rotatable bonds is 12. The van der Waals surface area contributed by atoms with Crippen LogP contribution in [0.15, 0.2) is 103 Å². The summed E-state index contributed by atoms with van der Waals surface area (Å²) in [5.41, 5.74) is 3.28. The Bertz CT molecular complexity index is 1330. The highest BCUT2D eigenvalue weighted by molar-refractivity contribution is 6.08. The third kappa shape index (κ3) is 7.24. The summed E-state index contributed by atoms with van der Waals surface area (Å²) in [6.07, 6.45) is 3.28. The van der Waals surface area contributed by atoms with E-state index in [1.54, 1.807) is 31.4 Å². The molecule has 0 saturated heterocycles. The largest absolute Gasteiger partial charge is 0.497 e. The summed E-state index contributed by atoms with van der Waals surface area (Å²) in [4.78, 5) is 13.2. The van der Waals surface area contributed by atoms with Gasteiger partial charge in [-0.15, -0.1) is 0 Å². The zero-order valence-corrected chi connectivity index (χ0v) is 21.1. The highest BCUT2D eigenvalue weighted by Gasteiger charge is 2.13. The molecule has 4 aromatic carbocycles. The van der Waals surface area contributed by atoms with Crippen molar-refractivity contribution < 1.29 is 23.7 Å². The van der Waals surface area contributed by atoms with Gasteiger partial charge in [0.05, 0.1) is 19.3 Å². The average Bonchev–Trinajstić information content (AvgIpc) is 2.95. The van der Waals surface area contributed by atoms with Gasteiger partial charge < -0.3 is 18.9 Å². The van der Waals surface area contributed by atoms with Gasteiger partial charge in [0, 0.05) is 17.7 Å². The molecule has 5 nitrogen and oxygen atoms in total. The first-order chi connectivity index (χ1) is 18.2. The predicted octanol–water partition coefficient (Wildman–Crippen LogP) is 7.15. The normalized spacial score (nSPS) is 10.8. The van der Waals surface area contributed by atoms with Crippen LogP contribution in [-0.2, 0) is 13.2 Å². The van der Waals surface area contributed by atoms with Crippen molar-refractivity contribution in [3.05, 3.63) is 125 Å². The molecule has 4 aromatic rings. The van der Waals surface area contributed by atoms with Crippen molar-refractivity contribution in [2.75, 3.05) is 13.7 Å². The van der Waals surface area contributed by atoms with Gasteiger partial charge in [0.15, 0.2) is 5.78 Å². The molecule has 0 N–H and O–H groups in total. The van der Waals surface area contributed by atoms with Crippen LogP contribution >= 0.6 is 0 Å². The molecule has 0 fully saturated rings. The molecule has 4 rings (SSSR count). The molecule has 0 aliphatic rings. The summed E-state index contributed by atoms with van der Waals surface area (Å²) >= 11 is 0. The minimum absolute atomic E-state index is 0.186. The molecule has 5 heteroatoms. The van der Waals surface area contributed by atoms with Gasteiger partial charge in [0.25, 0.3) is 0 Å². The van der Waals surface area contributed by atoms with Crippen molar-refractivity contribution in [2.45, 2.75) is 20.1 Å². The van der Waals surface area contributed by atoms with Crippen molar-refractivity contribution >= 4 is 11.9 Å². The second-order valence-corrected chi connectivity index (χ2v) is 8.24. The van der Waals surface area contributed by atoms with E-state index in [9.17, 15) is 4.79 Å². The van der Waals surface area contributed by atoms with Crippen molar-refractivity contribution in [1.29, 1.82) is 0 Å². The zero-order valence-electron chi connectivity index (χ0n) is 21.1. The zero-order chi connectivity index (χ0) is 25.9. The molecule has 0 bridgehead atoms. The maximum atomic E-state index is 13.2. The van der Waals surface area contributed by atoms with Gasteiger partial charge in [-0.05, 0) is 54.5 Å². The fourth-order valence-corrected chi connectivity index (χ4v) is 3.71. The standard InChI is InChI=1S/C32H30O5/c1-3-35-28-16-14-26(31(21-28)36-22-24-10-6-4-7-11-24)15-19-30(33)29-18-17-27(34-2)20-32(29)37-23-25-12-8-5-9-13-25/h4-21H,3,22-23H2,1-2H3. The highest BCUT2D eigenvalue weighted by atomic mass is 16.5. The van der Waals surface area contributed by atoms with Crippen LogP contribution in [0.1, 0.15) is 34.0 Å². The van der Waals surface area contributed by atoms with Gasteiger partial charge in [-0.2, -0.15) is 0 Å². The third-order valence-corrected chi connectivity index (χ3v) is 5.64. The molecular formula is C32H30O5. The summed E-state index contributed by atoms with van der Waals surface area (Å²) < 4.78 is 23.1. The fourth-order valence-electron chi connectivity index (χ4n) is 3.71. The van der Waals surface area contributed by atoms with Crippen molar-refractivity contribution in [1.82, 2.24) is 0 Å². The van der Waals surface area contributed by atoms with Gasteiger partial charge in [-0.3, -0.25) is 4.79 Å². The van der Waals surface area contributed by atoms with Crippen molar-refractivity contribution in [2.24, 2.45) is 0 Å². The summed E-state index contributed by atoms with van der Waals surface area (Å²) in [5, 5.41) is 0.